The average Bonchev–Trinajstić information content (AvgIpc) is 2.69. The van der Waals surface area contributed by atoms with Gasteiger partial charge in [-0.05, 0) is 36.8 Å². The number of anilines is 1. The van der Waals surface area contributed by atoms with Gasteiger partial charge in [-0.1, -0.05) is 23.7 Å². The van der Waals surface area contributed by atoms with Gasteiger partial charge in [0.25, 0.3) is 11.5 Å². The summed E-state index contributed by atoms with van der Waals surface area (Å²) in [6, 6.07) is 11.5. The van der Waals surface area contributed by atoms with Crippen molar-refractivity contribution in [3.8, 4) is 6.07 Å². The summed E-state index contributed by atoms with van der Waals surface area (Å²) < 4.78 is 6.05. The fourth-order valence-electron chi connectivity index (χ4n) is 2.66. The summed E-state index contributed by atoms with van der Waals surface area (Å²) in [5.41, 5.74) is 1.70. The molecule has 0 spiro atoms. The maximum absolute atomic E-state index is 12.5. The number of carbonyl (C=O) groups is 2. The maximum atomic E-state index is 12.5. The number of halogens is 1. The SMILES string of the molecule is Cc1cccc2c(=O)n(CC(=O)OCC(=O)Nc3ccc(C#N)c(Cl)c3)cnc12. The second kappa shape index (κ2) is 8.54. The molecule has 0 fully saturated rings. The number of benzene rings is 2. The summed E-state index contributed by atoms with van der Waals surface area (Å²) in [6.45, 7) is 0.935. The Hall–Kier alpha value is -3.70. The number of carbonyl (C=O) groups excluding carboxylic acids is 2. The van der Waals surface area contributed by atoms with Crippen LogP contribution in [0.3, 0.4) is 0 Å². The Bertz CT molecular complexity index is 1210. The van der Waals surface area contributed by atoms with Crippen LogP contribution in [0.15, 0.2) is 47.5 Å². The van der Waals surface area contributed by atoms with E-state index in [0.29, 0.717) is 16.6 Å². The number of nitrogens with zero attached hydrogens (tertiary/aromatic N) is 3. The maximum Gasteiger partial charge on any atom is 0.326 e. The second-order valence-corrected chi connectivity index (χ2v) is 6.57. The van der Waals surface area contributed by atoms with Gasteiger partial charge in [-0.3, -0.25) is 19.0 Å². The predicted octanol–water partition coefficient (Wildman–Crippen LogP) is 2.41. The molecule has 29 heavy (non-hydrogen) atoms. The summed E-state index contributed by atoms with van der Waals surface area (Å²) in [7, 11) is 0. The van der Waals surface area contributed by atoms with Crippen LogP contribution in [-0.2, 0) is 20.9 Å². The Labute approximate surface area is 170 Å². The summed E-state index contributed by atoms with van der Waals surface area (Å²) in [5, 5.41) is 11.9. The van der Waals surface area contributed by atoms with Gasteiger partial charge in [0.05, 0.1) is 27.8 Å². The van der Waals surface area contributed by atoms with E-state index in [1.165, 1.54) is 24.5 Å². The van der Waals surface area contributed by atoms with Crippen molar-refractivity contribution in [2.24, 2.45) is 0 Å². The quantitative estimate of drug-likeness (QED) is 0.646. The van der Waals surface area contributed by atoms with E-state index in [9.17, 15) is 14.4 Å². The van der Waals surface area contributed by atoms with E-state index in [1.807, 2.05) is 19.1 Å². The summed E-state index contributed by atoms with van der Waals surface area (Å²) in [5.74, 6) is -1.34. The molecule has 0 saturated heterocycles. The third-order valence-electron chi connectivity index (χ3n) is 4.09. The molecule has 1 aromatic heterocycles. The molecule has 1 amide bonds. The molecule has 0 saturated carbocycles. The van der Waals surface area contributed by atoms with Crippen LogP contribution in [0.25, 0.3) is 10.9 Å². The first-order valence-electron chi connectivity index (χ1n) is 8.49. The summed E-state index contributed by atoms with van der Waals surface area (Å²) >= 11 is 5.90. The van der Waals surface area contributed by atoms with Crippen molar-refractivity contribution in [2.75, 3.05) is 11.9 Å². The van der Waals surface area contributed by atoms with Gasteiger partial charge in [0, 0.05) is 5.69 Å². The highest BCUT2D eigenvalue weighted by atomic mass is 35.5. The predicted molar refractivity (Wildman–Crippen MR) is 106 cm³/mol. The van der Waals surface area contributed by atoms with Crippen LogP contribution in [0.5, 0.6) is 0 Å². The summed E-state index contributed by atoms with van der Waals surface area (Å²) in [4.78, 5) is 40.6. The molecule has 3 rings (SSSR count). The zero-order valence-electron chi connectivity index (χ0n) is 15.3. The number of esters is 1. The standard InChI is InChI=1S/C20H15ClN4O4/c1-12-3-2-4-15-19(12)23-11-25(20(15)28)9-18(27)29-10-17(26)24-14-6-5-13(8-22)16(21)7-14/h2-7,11H,9-10H2,1H3,(H,24,26). The van der Waals surface area contributed by atoms with Crippen molar-refractivity contribution >= 4 is 40.1 Å². The third-order valence-corrected chi connectivity index (χ3v) is 4.40. The molecule has 0 unspecified atom stereocenters. The zero-order chi connectivity index (χ0) is 21.0. The van der Waals surface area contributed by atoms with Crippen LogP contribution >= 0.6 is 11.6 Å². The monoisotopic (exact) mass is 410 g/mol. The fourth-order valence-corrected chi connectivity index (χ4v) is 2.88. The van der Waals surface area contributed by atoms with E-state index >= 15 is 0 Å². The van der Waals surface area contributed by atoms with E-state index in [1.54, 1.807) is 12.1 Å². The molecule has 0 aliphatic rings. The molecule has 0 radical (unpaired) electrons. The van der Waals surface area contributed by atoms with Crippen LogP contribution < -0.4 is 10.9 Å². The third kappa shape index (κ3) is 4.59. The molecule has 146 valence electrons. The zero-order valence-corrected chi connectivity index (χ0v) is 16.1. The molecule has 8 nitrogen and oxygen atoms in total. The van der Waals surface area contributed by atoms with Gasteiger partial charge in [0.15, 0.2) is 6.61 Å². The number of ether oxygens (including phenoxy) is 1. The molecule has 0 aliphatic carbocycles. The molecule has 3 aromatic rings. The molecule has 2 aromatic carbocycles. The first-order valence-corrected chi connectivity index (χ1v) is 8.86. The minimum Gasteiger partial charge on any atom is -0.454 e. The van der Waals surface area contributed by atoms with Crippen molar-refractivity contribution in [3.05, 3.63) is 69.2 Å². The normalized spacial score (nSPS) is 10.4. The largest absolute Gasteiger partial charge is 0.454 e. The first kappa shape index (κ1) is 20.0. The van der Waals surface area contributed by atoms with Gasteiger partial charge < -0.3 is 10.1 Å². The molecule has 0 aliphatic heterocycles. The van der Waals surface area contributed by atoms with Crippen molar-refractivity contribution in [1.82, 2.24) is 9.55 Å². The van der Waals surface area contributed by atoms with Gasteiger partial charge in [0.2, 0.25) is 0 Å². The summed E-state index contributed by atoms with van der Waals surface area (Å²) in [6.07, 6.45) is 1.28. The molecular formula is C20H15ClN4O4. The lowest BCUT2D eigenvalue weighted by Crippen LogP contribution is -2.28. The van der Waals surface area contributed by atoms with Crippen LogP contribution in [0.2, 0.25) is 5.02 Å². The van der Waals surface area contributed by atoms with E-state index < -0.39 is 18.5 Å². The molecule has 1 heterocycles. The Balaban J connectivity index is 1.60. The fraction of sp³-hybridized carbons (Fsp3) is 0.150. The van der Waals surface area contributed by atoms with Crippen molar-refractivity contribution in [2.45, 2.75) is 13.5 Å². The number of nitrogens with one attached hydrogen (secondary N) is 1. The number of amides is 1. The minimum atomic E-state index is -0.756. The number of aromatic nitrogens is 2. The average molecular weight is 411 g/mol. The van der Waals surface area contributed by atoms with Crippen LogP contribution in [0.1, 0.15) is 11.1 Å². The highest BCUT2D eigenvalue weighted by Crippen LogP contribution is 2.20. The van der Waals surface area contributed by atoms with Crippen LogP contribution in [-0.4, -0.2) is 28.0 Å². The molecular weight excluding hydrogens is 396 g/mol. The smallest absolute Gasteiger partial charge is 0.326 e. The van der Waals surface area contributed by atoms with Gasteiger partial charge >= 0.3 is 5.97 Å². The second-order valence-electron chi connectivity index (χ2n) is 6.16. The lowest BCUT2D eigenvalue weighted by molar-refractivity contribution is -0.147. The lowest BCUT2D eigenvalue weighted by Gasteiger charge is -2.09. The molecule has 0 atom stereocenters. The molecule has 0 bridgehead atoms. The Kier molecular flexibility index (Phi) is 5.90. The van der Waals surface area contributed by atoms with Gasteiger partial charge in [-0.15, -0.1) is 0 Å². The number of fused-ring (bicyclic) bond motifs is 1. The highest BCUT2D eigenvalue weighted by Gasteiger charge is 2.12. The minimum absolute atomic E-state index is 0.195. The number of aryl methyl sites for hydroxylation is 1. The number of para-hydroxylation sites is 1. The molecule has 9 heteroatoms. The molecule has 1 N–H and O–H groups in total. The number of hydrogen-bond donors (Lipinski definition) is 1. The first-order chi connectivity index (χ1) is 13.9. The Morgan fingerprint density at radius 1 is 1.31 bits per heavy atom. The lowest BCUT2D eigenvalue weighted by atomic mass is 10.1. The van der Waals surface area contributed by atoms with Crippen molar-refractivity contribution in [3.63, 3.8) is 0 Å². The topological polar surface area (TPSA) is 114 Å². The van der Waals surface area contributed by atoms with Crippen molar-refractivity contribution < 1.29 is 14.3 Å². The van der Waals surface area contributed by atoms with E-state index in [-0.39, 0.29) is 22.7 Å². The van der Waals surface area contributed by atoms with Gasteiger partial charge in [0.1, 0.15) is 12.6 Å². The van der Waals surface area contributed by atoms with Gasteiger partial charge in [-0.2, -0.15) is 5.26 Å². The number of nitriles is 1. The van der Waals surface area contributed by atoms with Gasteiger partial charge in [-0.25, -0.2) is 4.98 Å². The Morgan fingerprint density at radius 3 is 2.83 bits per heavy atom. The number of hydrogen-bond acceptors (Lipinski definition) is 6. The van der Waals surface area contributed by atoms with E-state index in [4.69, 9.17) is 21.6 Å². The van der Waals surface area contributed by atoms with E-state index in [0.717, 1.165) is 10.1 Å². The van der Waals surface area contributed by atoms with Crippen LogP contribution in [0.4, 0.5) is 5.69 Å². The number of rotatable bonds is 5. The van der Waals surface area contributed by atoms with Crippen LogP contribution in [0, 0.1) is 18.3 Å². The van der Waals surface area contributed by atoms with E-state index in [2.05, 4.69) is 10.3 Å². The Morgan fingerprint density at radius 2 is 2.10 bits per heavy atom. The van der Waals surface area contributed by atoms with Crippen molar-refractivity contribution in [1.29, 1.82) is 5.26 Å². The highest BCUT2D eigenvalue weighted by molar-refractivity contribution is 6.32.